The molecule has 0 N–H and O–H groups in total. The summed E-state index contributed by atoms with van der Waals surface area (Å²) in [5.74, 6) is 0.622. The molecule has 0 unspecified atom stereocenters. The monoisotopic (exact) mass is 270 g/mol. The van der Waals surface area contributed by atoms with E-state index in [1.54, 1.807) is 14.0 Å². The molecule has 0 heterocycles. The summed E-state index contributed by atoms with van der Waals surface area (Å²) in [5, 5.41) is 0.531. The molecule has 100 valence electrons. The van der Waals surface area contributed by atoms with E-state index in [1.807, 2.05) is 12.1 Å². The third kappa shape index (κ3) is 3.64. The van der Waals surface area contributed by atoms with Crippen LogP contribution in [-0.2, 0) is 16.0 Å². The Morgan fingerprint density at radius 1 is 1.39 bits per heavy atom. The lowest BCUT2D eigenvalue weighted by Crippen LogP contribution is -2.09. The van der Waals surface area contributed by atoms with E-state index in [0.717, 1.165) is 11.1 Å². The van der Waals surface area contributed by atoms with Crippen molar-refractivity contribution in [3.05, 3.63) is 28.3 Å². The number of hydrogen-bond acceptors (Lipinski definition) is 3. The van der Waals surface area contributed by atoms with Crippen molar-refractivity contribution in [2.45, 2.75) is 33.1 Å². The van der Waals surface area contributed by atoms with Crippen molar-refractivity contribution in [2.75, 3.05) is 13.7 Å². The molecular formula is C14H19ClO3. The Labute approximate surface area is 113 Å². The standard InChI is InChI=1S/C14H19ClO3/c1-5-18-13(16)8-11-6-10(9(2)3)7-12(15)14(11)17-4/h6-7,9H,5,8H2,1-4H3. The van der Waals surface area contributed by atoms with E-state index in [-0.39, 0.29) is 12.4 Å². The first kappa shape index (κ1) is 14.8. The molecule has 0 spiro atoms. The van der Waals surface area contributed by atoms with Crippen LogP contribution in [0.5, 0.6) is 5.75 Å². The zero-order valence-corrected chi connectivity index (χ0v) is 12.0. The van der Waals surface area contributed by atoms with E-state index >= 15 is 0 Å². The van der Waals surface area contributed by atoms with Gasteiger partial charge in [-0.05, 0) is 24.5 Å². The Morgan fingerprint density at radius 3 is 2.56 bits per heavy atom. The van der Waals surface area contributed by atoms with Crippen LogP contribution in [0, 0.1) is 0 Å². The maximum absolute atomic E-state index is 11.6. The summed E-state index contributed by atoms with van der Waals surface area (Å²) in [5.41, 5.74) is 1.85. The number of methoxy groups -OCH3 is 1. The summed E-state index contributed by atoms with van der Waals surface area (Å²) >= 11 is 6.16. The summed E-state index contributed by atoms with van der Waals surface area (Å²) < 4.78 is 10.2. The number of ether oxygens (including phenoxy) is 2. The minimum atomic E-state index is -0.271. The Kier molecular flexibility index (Phi) is 5.48. The van der Waals surface area contributed by atoms with Gasteiger partial charge in [-0.15, -0.1) is 0 Å². The number of carbonyl (C=O) groups excluding carboxylic acids is 1. The van der Waals surface area contributed by atoms with Gasteiger partial charge in [0.25, 0.3) is 0 Å². The molecule has 0 aromatic heterocycles. The summed E-state index contributed by atoms with van der Waals surface area (Å²) in [6.07, 6.45) is 0.178. The molecule has 0 aliphatic rings. The first-order chi connectivity index (χ1) is 8.49. The summed E-state index contributed by atoms with van der Waals surface area (Å²) in [4.78, 5) is 11.6. The molecule has 1 rings (SSSR count). The van der Waals surface area contributed by atoms with Gasteiger partial charge in [-0.25, -0.2) is 0 Å². The third-order valence-corrected chi connectivity index (χ3v) is 2.93. The van der Waals surface area contributed by atoms with Gasteiger partial charge in [-0.1, -0.05) is 31.5 Å². The number of carbonyl (C=O) groups is 1. The molecule has 0 bridgehead atoms. The molecule has 0 saturated heterocycles. The second-order valence-corrected chi connectivity index (χ2v) is 4.74. The van der Waals surface area contributed by atoms with Crippen molar-refractivity contribution < 1.29 is 14.3 Å². The number of esters is 1. The maximum atomic E-state index is 11.6. The van der Waals surface area contributed by atoms with Crippen LogP contribution in [0.1, 0.15) is 37.8 Å². The topological polar surface area (TPSA) is 35.5 Å². The number of rotatable bonds is 5. The first-order valence-electron chi connectivity index (χ1n) is 6.01. The number of hydrogen-bond donors (Lipinski definition) is 0. The van der Waals surface area contributed by atoms with E-state index in [2.05, 4.69) is 13.8 Å². The predicted molar refractivity (Wildman–Crippen MR) is 72.4 cm³/mol. The molecular weight excluding hydrogens is 252 g/mol. The summed E-state index contributed by atoms with van der Waals surface area (Å²) in [6.45, 7) is 6.31. The molecule has 18 heavy (non-hydrogen) atoms. The molecule has 4 heteroatoms. The highest BCUT2D eigenvalue weighted by molar-refractivity contribution is 6.32. The van der Waals surface area contributed by atoms with E-state index < -0.39 is 0 Å². The second kappa shape index (κ2) is 6.64. The molecule has 1 aromatic rings. The van der Waals surface area contributed by atoms with Crippen molar-refractivity contribution >= 4 is 17.6 Å². The van der Waals surface area contributed by atoms with E-state index in [4.69, 9.17) is 21.1 Å². The Bertz CT molecular complexity index is 427. The number of benzene rings is 1. The number of halogens is 1. The van der Waals surface area contributed by atoms with Crippen LogP contribution in [0.2, 0.25) is 5.02 Å². The highest BCUT2D eigenvalue weighted by atomic mass is 35.5. The Balaban J connectivity index is 3.10. The van der Waals surface area contributed by atoms with Gasteiger partial charge in [-0.2, -0.15) is 0 Å². The lowest BCUT2D eigenvalue weighted by Gasteiger charge is -2.14. The van der Waals surface area contributed by atoms with E-state index in [9.17, 15) is 4.79 Å². The van der Waals surface area contributed by atoms with Gasteiger partial charge in [0, 0.05) is 5.56 Å². The minimum Gasteiger partial charge on any atom is -0.495 e. The Hall–Kier alpha value is -1.22. The molecule has 0 saturated carbocycles. The van der Waals surface area contributed by atoms with Gasteiger partial charge < -0.3 is 9.47 Å². The largest absolute Gasteiger partial charge is 0.495 e. The minimum absolute atomic E-state index is 0.178. The quantitative estimate of drug-likeness (QED) is 0.767. The van der Waals surface area contributed by atoms with Gasteiger partial charge in [-0.3, -0.25) is 4.79 Å². The molecule has 0 aliphatic carbocycles. The third-order valence-electron chi connectivity index (χ3n) is 2.65. The van der Waals surface area contributed by atoms with Gasteiger partial charge in [0.05, 0.1) is 25.2 Å². The SMILES string of the molecule is CCOC(=O)Cc1cc(C(C)C)cc(Cl)c1OC. The van der Waals surface area contributed by atoms with Crippen LogP contribution in [0.3, 0.4) is 0 Å². The van der Waals surface area contributed by atoms with Gasteiger partial charge in [0.1, 0.15) is 5.75 Å². The van der Waals surface area contributed by atoms with Crippen LogP contribution in [-0.4, -0.2) is 19.7 Å². The molecule has 0 fully saturated rings. The lowest BCUT2D eigenvalue weighted by molar-refractivity contribution is -0.142. The summed E-state index contributed by atoms with van der Waals surface area (Å²) in [6, 6.07) is 3.83. The molecule has 0 radical (unpaired) electrons. The zero-order chi connectivity index (χ0) is 13.7. The molecule has 0 aliphatic heterocycles. The van der Waals surface area contributed by atoms with Crippen LogP contribution < -0.4 is 4.74 Å². The first-order valence-corrected chi connectivity index (χ1v) is 6.39. The lowest BCUT2D eigenvalue weighted by atomic mass is 9.99. The van der Waals surface area contributed by atoms with Crippen molar-refractivity contribution in [1.82, 2.24) is 0 Å². The Morgan fingerprint density at radius 2 is 2.06 bits per heavy atom. The fourth-order valence-corrected chi connectivity index (χ4v) is 2.06. The highest BCUT2D eigenvalue weighted by Gasteiger charge is 2.15. The second-order valence-electron chi connectivity index (χ2n) is 4.33. The van der Waals surface area contributed by atoms with E-state index in [0.29, 0.717) is 23.3 Å². The zero-order valence-electron chi connectivity index (χ0n) is 11.2. The van der Waals surface area contributed by atoms with Crippen molar-refractivity contribution in [3.8, 4) is 5.75 Å². The molecule has 3 nitrogen and oxygen atoms in total. The van der Waals surface area contributed by atoms with Crippen LogP contribution >= 0.6 is 11.6 Å². The smallest absolute Gasteiger partial charge is 0.310 e. The van der Waals surface area contributed by atoms with Crippen molar-refractivity contribution in [3.63, 3.8) is 0 Å². The van der Waals surface area contributed by atoms with Gasteiger partial charge in [0.15, 0.2) is 0 Å². The maximum Gasteiger partial charge on any atom is 0.310 e. The van der Waals surface area contributed by atoms with E-state index in [1.165, 1.54) is 0 Å². The molecule has 0 atom stereocenters. The molecule has 0 amide bonds. The van der Waals surface area contributed by atoms with Gasteiger partial charge in [0.2, 0.25) is 0 Å². The van der Waals surface area contributed by atoms with Crippen LogP contribution in [0.4, 0.5) is 0 Å². The van der Waals surface area contributed by atoms with Gasteiger partial charge >= 0.3 is 5.97 Å². The fourth-order valence-electron chi connectivity index (χ4n) is 1.73. The summed E-state index contributed by atoms with van der Waals surface area (Å²) in [7, 11) is 1.55. The fraction of sp³-hybridized carbons (Fsp3) is 0.500. The normalized spacial score (nSPS) is 10.6. The molecule has 1 aromatic carbocycles. The highest BCUT2D eigenvalue weighted by Crippen LogP contribution is 2.33. The van der Waals surface area contributed by atoms with Crippen LogP contribution in [0.25, 0.3) is 0 Å². The van der Waals surface area contributed by atoms with Crippen molar-refractivity contribution in [2.24, 2.45) is 0 Å². The van der Waals surface area contributed by atoms with Crippen LogP contribution in [0.15, 0.2) is 12.1 Å². The predicted octanol–water partition coefficient (Wildman–Crippen LogP) is 3.58. The average molecular weight is 271 g/mol. The average Bonchev–Trinajstić information content (AvgIpc) is 2.28. The van der Waals surface area contributed by atoms with Crippen molar-refractivity contribution in [1.29, 1.82) is 0 Å².